The van der Waals surface area contributed by atoms with E-state index < -0.39 is 0 Å². The van der Waals surface area contributed by atoms with Gasteiger partial charge in [0.15, 0.2) is 0 Å². The van der Waals surface area contributed by atoms with Gasteiger partial charge in [0.05, 0.1) is 36.7 Å². The van der Waals surface area contributed by atoms with E-state index in [4.69, 9.17) is 14.7 Å². The number of nitrogens with zero attached hydrogens (tertiary/aromatic N) is 2. The van der Waals surface area contributed by atoms with Crippen molar-refractivity contribution < 1.29 is 14.3 Å². The van der Waals surface area contributed by atoms with Crippen LogP contribution in [0.3, 0.4) is 0 Å². The predicted molar refractivity (Wildman–Crippen MR) is 106 cm³/mol. The maximum absolute atomic E-state index is 12.4. The molecule has 28 heavy (non-hydrogen) atoms. The number of carbonyl (C=O) groups excluding carboxylic acids is 1. The van der Waals surface area contributed by atoms with Crippen LogP contribution in [0.5, 0.6) is 11.5 Å². The van der Waals surface area contributed by atoms with Gasteiger partial charge in [-0.15, -0.1) is 0 Å². The van der Waals surface area contributed by atoms with Gasteiger partial charge in [0.1, 0.15) is 23.4 Å². The molecule has 0 radical (unpaired) electrons. The minimum atomic E-state index is -0.347. The van der Waals surface area contributed by atoms with Crippen molar-refractivity contribution in [3.63, 3.8) is 0 Å². The average molecular weight is 374 g/mol. The number of ether oxygens (including phenoxy) is 2. The maximum Gasteiger partial charge on any atom is 0.257 e. The molecule has 0 atom stereocenters. The van der Waals surface area contributed by atoms with Gasteiger partial charge < -0.3 is 20.1 Å². The van der Waals surface area contributed by atoms with E-state index in [9.17, 15) is 4.79 Å². The molecule has 0 spiro atoms. The van der Waals surface area contributed by atoms with Crippen molar-refractivity contribution in [3.8, 4) is 17.6 Å². The van der Waals surface area contributed by atoms with E-state index in [0.29, 0.717) is 39.8 Å². The third-order valence-electron chi connectivity index (χ3n) is 3.99. The number of hydrogen-bond donors (Lipinski definition) is 2. The first kappa shape index (κ1) is 18.7. The summed E-state index contributed by atoms with van der Waals surface area (Å²) in [6.07, 6.45) is 1.46. The summed E-state index contributed by atoms with van der Waals surface area (Å²) < 4.78 is 10.6. The molecule has 0 unspecified atom stereocenters. The molecule has 1 aromatic heterocycles. The molecule has 0 aliphatic heterocycles. The number of para-hydroxylation sites is 1. The van der Waals surface area contributed by atoms with E-state index in [-0.39, 0.29) is 5.91 Å². The largest absolute Gasteiger partial charge is 0.497 e. The smallest absolute Gasteiger partial charge is 0.257 e. The minimum absolute atomic E-state index is 0.347. The van der Waals surface area contributed by atoms with Gasteiger partial charge in [0.25, 0.3) is 5.91 Å². The molecule has 0 aliphatic rings. The molecule has 0 aliphatic carbocycles. The van der Waals surface area contributed by atoms with Crippen molar-refractivity contribution in [2.75, 3.05) is 24.9 Å². The second-order valence-electron chi connectivity index (χ2n) is 5.73. The fourth-order valence-electron chi connectivity index (χ4n) is 2.54. The second kappa shape index (κ2) is 8.56. The summed E-state index contributed by atoms with van der Waals surface area (Å²) in [5, 5.41) is 15.0. The van der Waals surface area contributed by atoms with E-state index in [2.05, 4.69) is 15.6 Å². The zero-order valence-electron chi connectivity index (χ0n) is 15.4. The summed E-state index contributed by atoms with van der Waals surface area (Å²) in [6.45, 7) is 0. The Morgan fingerprint density at radius 2 is 1.86 bits per heavy atom. The molecule has 1 amide bonds. The van der Waals surface area contributed by atoms with E-state index in [0.717, 1.165) is 0 Å². The Hall–Kier alpha value is -4.05. The van der Waals surface area contributed by atoms with Crippen LogP contribution < -0.4 is 20.1 Å². The van der Waals surface area contributed by atoms with Crippen LogP contribution in [0.1, 0.15) is 15.9 Å². The van der Waals surface area contributed by atoms with Crippen LogP contribution >= 0.6 is 0 Å². The van der Waals surface area contributed by atoms with Crippen LogP contribution in [0.4, 0.5) is 17.2 Å². The zero-order chi connectivity index (χ0) is 19.9. The van der Waals surface area contributed by atoms with Crippen LogP contribution in [0.2, 0.25) is 0 Å². The lowest BCUT2D eigenvalue weighted by Crippen LogP contribution is -2.13. The third kappa shape index (κ3) is 4.19. The van der Waals surface area contributed by atoms with Gasteiger partial charge >= 0.3 is 0 Å². The molecule has 3 aromatic rings. The van der Waals surface area contributed by atoms with Crippen molar-refractivity contribution in [2.24, 2.45) is 0 Å². The second-order valence-corrected chi connectivity index (χ2v) is 5.73. The monoisotopic (exact) mass is 374 g/mol. The standard InChI is InChI=1S/C21H18N4O3/c1-27-16-8-9-19(28-2)18(11-16)24-20-10-7-15(13-23-20)21(26)25-17-6-4-3-5-14(17)12-22/h3-11,13H,1-2H3,(H,23,24)(H,25,26). The number of methoxy groups -OCH3 is 2. The number of nitrogens with one attached hydrogen (secondary N) is 2. The lowest BCUT2D eigenvalue weighted by Gasteiger charge is -2.12. The van der Waals surface area contributed by atoms with E-state index in [1.807, 2.05) is 6.07 Å². The fraction of sp³-hybridized carbons (Fsp3) is 0.0952. The van der Waals surface area contributed by atoms with Gasteiger partial charge in [-0.1, -0.05) is 12.1 Å². The summed E-state index contributed by atoms with van der Waals surface area (Å²) in [5.41, 5.74) is 1.91. The topological polar surface area (TPSA) is 96.3 Å². The number of rotatable bonds is 6. The summed E-state index contributed by atoms with van der Waals surface area (Å²) in [4.78, 5) is 16.7. The molecule has 0 bridgehead atoms. The molecule has 0 saturated heterocycles. The minimum Gasteiger partial charge on any atom is -0.497 e. The number of benzene rings is 2. The van der Waals surface area contributed by atoms with Crippen molar-refractivity contribution in [3.05, 3.63) is 71.9 Å². The van der Waals surface area contributed by atoms with Crippen molar-refractivity contribution in [1.82, 2.24) is 4.98 Å². The molecule has 0 saturated carbocycles. The Labute approximate surface area is 162 Å². The molecule has 2 aromatic carbocycles. The quantitative estimate of drug-likeness (QED) is 0.678. The Morgan fingerprint density at radius 1 is 1.04 bits per heavy atom. The Balaban J connectivity index is 1.75. The van der Waals surface area contributed by atoms with Gasteiger partial charge in [0.2, 0.25) is 0 Å². The first-order valence-electron chi connectivity index (χ1n) is 8.40. The molecule has 0 fully saturated rings. The molecule has 2 N–H and O–H groups in total. The fourth-order valence-corrected chi connectivity index (χ4v) is 2.54. The molecule has 1 heterocycles. The number of anilines is 3. The molecule has 7 heteroatoms. The highest BCUT2D eigenvalue weighted by Crippen LogP contribution is 2.31. The molecular formula is C21H18N4O3. The van der Waals surface area contributed by atoms with Gasteiger partial charge in [0, 0.05) is 12.3 Å². The Bertz CT molecular complexity index is 1030. The van der Waals surface area contributed by atoms with Crippen LogP contribution in [-0.4, -0.2) is 25.1 Å². The highest BCUT2D eigenvalue weighted by molar-refractivity contribution is 6.04. The predicted octanol–water partition coefficient (Wildman–Crippen LogP) is 3.97. The lowest BCUT2D eigenvalue weighted by molar-refractivity contribution is 0.102. The summed E-state index contributed by atoms with van der Waals surface area (Å²) in [7, 11) is 3.16. The Kier molecular flexibility index (Phi) is 5.72. The number of pyridine rings is 1. The van der Waals surface area contributed by atoms with Gasteiger partial charge in [-0.25, -0.2) is 4.98 Å². The van der Waals surface area contributed by atoms with Crippen LogP contribution in [-0.2, 0) is 0 Å². The van der Waals surface area contributed by atoms with E-state index >= 15 is 0 Å². The van der Waals surface area contributed by atoms with Crippen LogP contribution in [0, 0.1) is 11.3 Å². The molecular weight excluding hydrogens is 356 g/mol. The number of carbonyl (C=O) groups is 1. The molecule has 7 nitrogen and oxygen atoms in total. The lowest BCUT2D eigenvalue weighted by atomic mass is 10.2. The number of nitriles is 1. The molecule has 3 rings (SSSR count). The number of amides is 1. The highest BCUT2D eigenvalue weighted by atomic mass is 16.5. The number of aromatic nitrogens is 1. The number of hydrogen-bond acceptors (Lipinski definition) is 6. The first-order valence-corrected chi connectivity index (χ1v) is 8.40. The summed E-state index contributed by atoms with van der Waals surface area (Å²) in [6, 6.07) is 17.6. The van der Waals surface area contributed by atoms with Gasteiger partial charge in [-0.2, -0.15) is 5.26 Å². The summed E-state index contributed by atoms with van der Waals surface area (Å²) in [5.74, 6) is 1.51. The zero-order valence-corrected chi connectivity index (χ0v) is 15.4. The SMILES string of the molecule is COc1ccc(OC)c(Nc2ccc(C(=O)Nc3ccccc3C#N)cn2)c1. The van der Waals surface area contributed by atoms with Crippen LogP contribution in [0.15, 0.2) is 60.8 Å². The van der Waals surface area contributed by atoms with Crippen molar-refractivity contribution >= 4 is 23.1 Å². The first-order chi connectivity index (χ1) is 13.6. The van der Waals surface area contributed by atoms with Gasteiger partial charge in [-0.05, 0) is 36.4 Å². The van der Waals surface area contributed by atoms with Crippen molar-refractivity contribution in [1.29, 1.82) is 5.26 Å². The Morgan fingerprint density at radius 3 is 2.54 bits per heavy atom. The van der Waals surface area contributed by atoms with E-state index in [1.54, 1.807) is 68.8 Å². The van der Waals surface area contributed by atoms with E-state index in [1.165, 1.54) is 6.20 Å². The van der Waals surface area contributed by atoms with Gasteiger partial charge in [-0.3, -0.25) is 4.79 Å². The third-order valence-corrected chi connectivity index (χ3v) is 3.99. The van der Waals surface area contributed by atoms with Crippen LogP contribution in [0.25, 0.3) is 0 Å². The maximum atomic E-state index is 12.4. The normalized spacial score (nSPS) is 9.89. The summed E-state index contributed by atoms with van der Waals surface area (Å²) >= 11 is 0. The highest BCUT2D eigenvalue weighted by Gasteiger charge is 2.11. The molecule has 140 valence electrons. The van der Waals surface area contributed by atoms with Crippen molar-refractivity contribution in [2.45, 2.75) is 0 Å². The average Bonchev–Trinajstić information content (AvgIpc) is 2.74.